The first-order valence-corrected chi connectivity index (χ1v) is 11.7. The van der Waals surface area contributed by atoms with Crippen LogP contribution in [0.2, 0.25) is 0 Å². The molecule has 3 amide bonds. The number of fused-ring (bicyclic) bond motifs is 1. The summed E-state index contributed by atoms with van der Waals surface area (Å²) in [6.45, 7) is 4.45. The Morgan fingerprint density at radius 1 is 1.00 bits per heavy atom. The van der Waals surface area contributed by atoms with E-state index in [0.29, 0.717) is 12.2 Å². The van der Waals surface area contributed by atoms with E-state index in [4.69, 9.17) is 5.11 Å². The van der Waals surface area contributed by atoms with Crippen LogP contribution in [0.3, 0.4) is 0 Å². The maximum atomic E-state index is 13.0. The van der Waals surface area contributed by atoms with Crippen LogP contribution in [-0.4, -0.2) is 29.6 Å². The zero-order chi connectivity index (χ0) is 24.9. The van der Waals surface area contributed by atoms with E-state index >= 15 is 0 Å². The maximum Gasteiger partial charge on any atom is 0.323 e. The molecule has 1 aliphatic heterocycles. The Bertz CT molecular complexity index is 1250. The number of para-hydroxylation sites is 1. The molecule has 180 valence electrons. The zero-order valence-corrected chi connectivity index (χ0v) is 19.9. The molecule has 0 aliphatic carbocycles. The fourth-order valence-corrected chi connectivity index (χ4v) is 4.34. The van der Waals surface area contributed by atoms with Gasteiger partial charge in [0.15, 0.2) is 0 Å². The number of aryl methyl sites for hydroxylation is 1. The number of carboxylic acids is 1. The van der Waals surface area contributed by atoms with Gasteiger partial charge in [0.25, 0.3) is 0 Å². The van der Waals surface area contributed by atoms with E-state index in [1.165, 1.54) is 0 Å². The van der Waals surface area contributed by atoms with E-state index in [0.717, 1.165) is 40.0 Å². The Labute approximate surface area is 204 Å². The number of nitrogens with one attached hydrogen (secondary N) is 2. The summed E-state index contributed by atoms with van der Waals surface area (Å²) in [6, 6.07) is 20.4. The molecular weight excluding hydrogens is 442 g/mol. The van der Waals surface area contributed by atoms with Crippen molar-refractivity contribution in [2.24, 2.45) is 0 Å². The number of nitrogens with zero attached hydrogens (tertiary/aromatic N) is 1. The molecule has 3 N–H and O–H groups in total. The van der Waals surface area contributed by atoms with Crippen LogP contribution in [0.15, 0.2) is 66.7 Å². The standard InChI is InChI=1S/C28H29N3O4/c1-18-5-3-4-6-24(18)30-28(35)29-23-10-7-20(8-11-23)16-26(32)31-14-13-22-17-21(9-12-25(22)31)19(2)15-27(33)34/h3-12,17,19H,13-16H2,1-2H3,(H,33,34)(H2,29,30,35)/t19-/m1/s1. The van der Waals surface area contributed by atoms with Crippen molar-refractivity contribution < 1.29 is 19.5 Å². The molecule has 1 heterocycles. The average Bonchev–Trinajstić information content (AvgIpc) is 3.25. The van der Waals surface area contributed by atoms with Crippen LogP contribution in [0, 0.1) is 6.92 Å². The third-order valence-corrected chi connectivity index (χ3v) is 6.31. The third-order valence-electron chi connectivity index (χ3n) is 6.31. The summed E-state index contributed by atoms with van der Waals surface area (Å²) in [6.07, 6.45) is 1.10. The molecule has 0 spiro atoms. The first kappa shape index (κ1) is 24.0. The summed E-state index contributed by atoms with van der Waals surface area (Å²) in [5.41, 5.74) is 6.18. The van der Waals surface area contributed by atoms with Crippen molar-refractivity contribution in [3.8, 4) is 0 Å². The van der Waals surface area contributed by atoms with Crippen LogP contribution in [0.1, 0.15) is 41.5 Å². The minimum absolute atomic E-state index is 0.00749. The third kappa shape index (κ3) is 5.87. The van der Waals surface area contributed by atoms with Gasteiger partial charge in [-0.2, -0.15) is 0 Å². The molecule has 7 heteroatoms. The largest absolute Gasteiger partial charge is 0.481 e. The smallest absolute Gasteiger partial charge is 0.323 e. The van der Waals surface area contributed by atoms with Gasteiger partial charge >= 0.3 is 12.0 Å². The highest BCUT2D eigenvalue weighted by Crippen LogP contribution is 2.32. The summed E-state index contributed by atoms with van der Waals surface area (Å²) in [5.74, 6) is -0.885. The van der Waals surface area contributed by atoms with Gasteiger partial charge in [-0.3, -0.25) is 9.59 Å². The van der Waals surface area contributed by atoms with Crippen molar-refractivity contribution in [1.82, 2.24) is 0 Å². The van der Waals surface area contributed by atoms with Crippen molar-refractivity contribution in [1.29, 1.82) is 0 Å². The number of hydrogen-bond donors (Lipinski definition) is 3. The first-order chi connectivity index (χ1) is 16.8. The topological polar surface area (TPSA) is 98.7 Å². The lowest BCUT2D eigenvalue weighted by atomic mass is 9.95. The van der Waals surface area contributed by atoms with Crippen molar-refractivity contribution in [3.05, 3.63) is 89.0 Å². The predicted octanol–water partition coefficient (Wildman–Crippen LogP) is 5.35. The molecule has 1 aliphatic rings. The number of rotatable bonds is 7. The highest BCUT2D eigenvalue weighted by Gasteiger charge is 2.25. The summed E-state index contributed by atoms with van der Waals surface area (Å²) >= 11 is 0. The van der Waals surface area contributed by atoms with Crippen LogP contribution in [-0.2, 0) is 22.4 Å². The van der Waals surface area contributed by atoms with Gasteiger partial charge in [-0.1, -0.05) is 49.4 Å². The Kier molecular flexibility index (Phi) is 7.15. The number of anilines is 3. The van der Waals surface area contributed by atoms with E-state index in [1.807, 2.05) is 68.4 Å². The monoisotopic (exact) mass is 471 g/mol. The van der Waals surface area contributed by atoms with Crippen LogP contribution >= 0.6 is 0 Å². The number of hydrogen-bond acceptors (Lipinski definition) is 3. The van der Waals surface area contributed by atoms with Gasteiger partial charge < -0.3 is 20.6 Å². The molecule has 3 aromatic carbocycles. The Morgan fingerprint density at radius 2 is 1.74 bits per heavy atom. The molecule has 35 heavy (non-hydrogen) atoms. The second kappa shape index (κ2) is 10.4. The van der Waals surface area contributed by atoms with Crippen molar-refractivity contribution in [2.45, 2.75) is 39.0 Å². The summed E-state index contributed by atoms with van der Waals surface area (Å²) in [7, 11) is 0. The zero-order valence-electron chi connectivity index (χ0n) is 19.9. The van der Waals surface area contributed by atoms with Gasteiger partial charge in [0.2, 0.25) is 5.91 Å². The van der Waals surface area contributed by atoms with E-state index in [2.05, 4.69) is 10.6 Å². The van der Waals surface area contributed by atoms with Crippen LogP contribution in [0.5, 0.6) is 0 Å². The molecule has 3 aromatic rings. The molecule has 0 radical (unpaired) electrons. The molecule has 1 atom stereocenters. The quantitative estimate of drug-likeness (QED) is 0.433. The SMILES string of the molecule is Cc1ccccc1NC(=O)Nc1ccc(CC(=O)N2CCc3cc([C@H](C)CC(=O)O)ccc32)cc1. The second-order valence-corrected chi connectivity index (χ2v) is 8.95. The number of amides is 3. The van der Waals surface area contributed by atoms with Gasteiger partial charge in [0.05, 0.1) is 12.8 Å². The number of aliphatic carboxylic acids is 1. The van der Waals surface area contributed by atoms with Gasteiger partial charge in [-0.25, -0.2) is 4.79 Å². The molecule has 4 rings (SSSR count). The number of carbonyl (C=O) groups excluding carboxylic acids is 2. The summed E-state index contributed by atoms with van der Waals surface area (Å²) < 4.78 is 0. The van der Waals surface area contributed by atoms with E-state index in [1.54, 1.807) is 17.0 Å². The van der Waals surface area contributed by atoms with Crippen LogP contribution in [0.25, 0.3) is 0 Å². The fourth-order valence-electron chi connectivity index (χ4n) is 4.34. The number of carbonyl (C=O) groups is 3. The Balaban J connectivity index is 1.35. The molecule has 0 bridgehead atoms. The van der Waals surface area contributed by atoms with E-state index < -0.39 is 5.97 Å². The van der Waals surface area contributed by atoms with Gasteiger partial charge in [0.1, 0.15) is 0 Å². The molecular formula is C28H29N3O4. The van der Waals surface area contributed by atoms with Crippen molar-refractivity contribution in [3.63, 3.8) is 0 Å². The fraction of sp³-hybridized carbons (Fsp3) is 0.250. The van der Waals surface area contributed by atoms with Gasteiger partial charge in [-0.15, -0.1) is 0 Å². The number of carboxylic acid groups (broad SMARTS) is 1. The molecule has 0 saturated heterocycles. The minimum Gasteiger partial charge on any atom is -0.481 e. The van der Waals surface area contributed by atoms with E-state index in [-0.39, 0.29) is 30.7 Å². The highest BCUT2D eigenvalue weighted by molar-refractivity contribution is 6.00. The lowest BCUT2D eigenvalue weighted by Gasteiger charge is -2.18. The van der Waals surface area contributed by atoms with E-state index in [9.17, 15) is 14.4 Å². The van der Waals surface area contributed by atoms with Crippen molar-refractivity contribution >= 4 is 35.0 Å². The normalized spacial score (nSPS) is 13.1. The average molecular weight is 472 g/mol. The second-order valence-electron chi connectivity index (χ2n) is 8.95. The Hall–Kier alpha value is -4.13. The van der Waals surface area contributed by atoms with Gasteiger partial charge in [-0.05, 0) is 65.8 Å². The molecule has 0 unspecified atom stereocenters. The molecule has 7 nitrogen and oxygen atoms in total. The summed E-state index contributed by atoms with van der Waals surface area (Å²) in [4.78, 5) is 38.1. The summed E-state index contributed by atoms with van der Waals surface area (Å²) in [5, 5.41) is 14.7. The lowest BCUT2D eigenvalue weighted by Crippen LogP contribution is -2.30. The Morgan fingerprint density at radius 3 is 2.46 bits per heavy atom. The van der Waals surface area contributed by atoms with Crippen molar-refractivity contribution in [2.75, 3.05) is 22.1 Å². The maximum absolute atomic E-state index is 13.0. The lowest BCUT2D eigenvalue weighted by molar-refractivity contribution is -0.137. The number of benzene rings is 3. The molecule has 0 saturated carbocycles. The molecule has 0 fully saturated rings. The minimum atomic E-state index is -0.817. The first-order valence-electron chi connectivity index (χ1n) is 11.7. The predicted molar refractivity (Wildman–Crippen MR) is 137 cm³/mol. The molecule has 0 aromatic heterocycles. The van der Waals surface area contributed by atoms with Crippen LogP contribution < -0.4 is 15.5 Å². The van der Waals surface area contributed by atoms with Gasteiger partial charge in [0, 0.05) is 23.6 Å². The van der Waals surface area contributed by atoms with Crippen LogP contribution in [0.4, 0.5) is 21.9 Å². The number of urea groups is 1. The highest BCUT2D eigenvalue weighted by atomic mass is 16.4.